The number of rotatable bonds is 6. The van der Waals surface area contributed by atoms with E-state index in [2.05, 4.69) is 9.82 Å². The second kappa shape index (κ2) is 7.49. The van der Waals surface area contributed by atoms with Crippen molar-refractivity contribution in [1.82, 2.24) is 14.5 Å². The number of halogens is 1. The normalized spacial score (nSPS) is 11.6. The minimum atomic E-state index is -3.56. The molecule has 3 rings (SSSR count). The molecule has 2 heterocycles. The van der Waals surface area contributed by atoms with Crippen LogP contribution in [0.15, 0.2) is 62.9 Å². The van der Waals surface area contributed by atoms with Gasteiger partial charge >= 0.3 is 0 Å². The molecule has 0 fully saturated rings. The van der Waals surface area contributed by atoms with Crippen LogP contribution in [-0.2, 0) is 16.6 Å². The van der Waals surface area contributed by atoms with Gasteiger partial charge in [0, 0.05) is 23.2 Å². The maximum Gasteiger partial charge on any atom is 0.266 e. The van der Waals surface area contributed by atoms with Gasteiger partial charge in [0.05, 0.1) is 12.2 Å². The summed E-state index contributed by atoms with van der Waals surface area (Å²) in [5, 5.41) is 6.59. The summed E-state index contributed by atoms with van der Waals surface area (Å²) in [6, 6.07) is 13.3. The quantitative estimate of drug-likeness (QED) is 0.695. The second-order valence-electron chi connectivity index (χ2n) is 5.12. The Morgan fingerprint density at radius 3 is 2.56 bits per heavy atom. The average Bonchev–Trinajstić information content (AvgIpc) is 3.13. The fourth-order valence-corrected chi connectivity index (χ4v) is 4.34. The molecule has 1 N–H and O–H groups in total. The molecular weight excluding hydrogens is 382 g/mol. The molecule has 9 heteroatoms. The lowest BCUT2D eigenvalue weighted by atomic mass is 10.1. The van der Waals surface area contributed by atoms with E-state index < -0.39 is 10.0 Å². The molecule has 0 aliphatic heterocycles. The van der Waals surface area contributed by atoms with Crippen molar-refractivity contribution in [3.05, 3.63) is 69.3 Å². The molecule has 1 aromatic carbocycles. The van der Waals surface area contributed by atoms with E-state index in [1.54, 1.807) is 41.8 Å². The van der Waals surface area contributed by atoms with Crippen LogP contribution in [0.1, 0.15) is 0 Å². The zero-order chi connectivity index (χ0) is 17.9. The molecule has 0 aliphatic rings. The van der Waals surface area contributed by atoms with Gasteiger partial charge in [-0.3, -0.25) is 4.79 Å². The van der Waals surface area contributed by atoms with Crippen molar-refractivity contribution in [3.8, 4) is 11.3 Å². The SMILES string of the molecule is O=c1ccc(-c2ccc(Cl)cc2)nn1CCNS(=O)(=O)c1cccs1. The number of hydrogen-bond acceptors (Lipinski definition) is 5. The molecule has 0 bridgehead atoms. The Balaban J connectivity index is 1.73. The second-order valence-corrected chi connectivity index (χ2v) is 8.49. The van der Waals surface area contributed by atoms with Gasteiger partial charge in [0.2, 0.25) is 10.0 Å². The van der Waals surface area contributed by atoms with Crippen LogP contribution in [0.4, 0.5) is 0 Å². The highest BCUT2D eigenvalue weighted by atomic mass is 35.5. The minimum absolute atomic E-state index is 0.0667. The summed E-state index contributed by atoms with van der Waals surface area (Å²) < 4.78 is 28.1. The van der Waals surface area contributed by atoms with Gasteiger partial charge in [-0.2, -0.15) is 5.10 Å². The summed E-state index contributed by atoms with van der Waals surface area (Å²) in [6.45, 7) is 0.197. The first-order chi connectivity index (χ1) is 12.0. The zero-order valence-electron chi connectivity index (χ0n) is 12.9. The van der Waals surface area contributed by atoms with Crippen molar-refractivity contribution < 1.29 is 8.42 Å². The summed E-state index contributed by atoms with van der Waals surface area (Å²) in [4.78, 5) is 11.9. The maximum absolute atomic E-state index is 12.1. The third-order valence-electron chi connectivity index (χ3n) is 3.38. The Bertz CT molecular complexity index is 1010. The van der Waals surface area contributed by atoms with E-state index >= 15 is 0 Å². The van der Waals surface area contributed by atoms with Gasteiger partial charge < -0.3 is 0 Å². The largest absolute Gasteiger partial charge is 0.268 e. The molecule has 0 saturated carbocycles. The average molecular weight is 396 g/mol. The van der Waals surface area contributed by atoms with Gasteiger partial charge in [-0.05, 0) is 29.6 Å². The first kappa shape index (κ1) is 17.8. The number of thiophene rings is 1. The lowest BCUT2D eigenvalue weighted by Crippen LogP contribution is -2.31. The summed E-state index contributed by atoms with van der Waals surface area (Å²) in [5.74, 6) is 0. The maximum atomic E-state index is 12.1. The highest BCUT2D eigenvalue weighted by Gasteiger charge is 2.14. The molecule has 0 saturated heterocycles. The standard InChI is InChI=1S/C16H14ClN3O3S2/c17-13-5-3-12(4-6-13)14-7-8-15(21)20(19-14)10-9-18-25(22,23)16-2-1-11-24-16/h1-8,11,18H,9-10H2. The molecule has 2 aromatic heterocycles. The molecule has 0 atom stereocenters. The topological polar surface area (TPSA) is 81.1 Å². The van der Waals surface area contributed by atoms with E-state index in [0.29, 0.717) is 10.7 Å². The van der Waals surface area contributed by atoms with Crippen LogP contribution in [0, 0.1) is 0 Å². The first-order valence-corrected chi connectivity index (χ1v) is 10.1. The van der Waals surface area contributed by atoms with Crippen LogP contribution in [0.3, 0.4) is 0 Å². The van der Waals surface area contributed by atoms with Crippen molar-refractivity contribution in [1.29, 1.82) is 0 Å². The van der Waals surface area contributed by atoms with Crippen LogP contribution >= 0.6 is 22.9 Å². The molecule has 3 aromatic rings. The molecule has 0 unspecified atom stereocenters. The fraction of sp³-hybridized carbons (Fsp3) is 0.125. The Kier molecular flexibility index (Phi) is 5.33. The highest BCUT2D eigenvalue weighted by Crippen LogP contribution is 2.18. The zero-order valence-corrected chi connectivity index (χ0v) is 15.3. The van der Waals surface area contributed by atoms with Crippen LogP contribution in [0.25, 0.3) is 11.3 Å². The van der Waals surface area contributed by atoms with Gasteiger partial charge in [0.1, 0.15) is 4.21 Å². The molecule has 6 nitrogen and oxygen atoms in total. The fourth-order valence-electron chi connectivity index (χ4n) is 2.16. The number of aromatic nitrogens is 2. The van der Waals surface area contributed by atoms with Crippen molar-refractivity contribution in [2.45, 2.75) is 10.8 Å². The summed E-state index contributed by atoms with van der Waals surface area (Å²) in [6.07, 6.45) is 0. The summed E-state index contributed by atoms with van der Waals surface area (Å²) in [5.41, 5.74) is 1.13. The van der Waals surface area contributed by atoms with E-state index in [9.17, 15) is 13.2 Å². The van der Waals surface area contributed by atoms with Gasteiger partial charge in [-0.15, -0.1) is 11.3 Å². The molecule has 130 valence electrons. The van der Waals surface area contributed by atoms with Crippen LogP contribution in [-0.4, -0.2) is 24.7 Å². The number of hydrogen-bond donors (Lipinski definition) is 1. The van der Waals surface area contributed by atoms with Crippen LogP contribution < -0.4 is 10.3 Å². The van der Waals surface area contributed by atoms with Gasteiger partial charge in [-0.1, -0.05) is 29.8 Å². The summed E-state index contributed by atoms with van der Waals surface area (Å²) in [7, 11) is -3.56. The van der Waals surface area contributed by atoms with Crippen molar-refractivity contribution >= 4 is 33.0 Å². The Hall–Kier alpha value is -2.00. The Morgan fingerprint density at radius 2 is 1.88 bits per heavy atom. The third-order valence-corrected chi connectivity index (χ3v) is 6.49. The Labute approximate surface area is 153 Å². The molecular formula is C16H14ClN3O3S2. The lowest BCUT2D eigenvalue weighted by molar-refractivity contribution is 0.550. The molecule has 0 amide bonds. The first-order valence-electron chi connectivity index (χ1n) is 7.33. The Morgan fingerprint density at radius 1 is 1.12 bits per heavy atom. The van der Waals surface area contributed by atoms with E-state index in [0.717, 1.165) is 16.9 Å². The van der Waals surface area contributed by atoms with Gasteiger partial charge in [0.15, 0.2) is 0 Å². The van der Waals surface area contributed by atoms with Crippen molar-refractivity contribution in [2.75, 3.05) is 6.54 Å². The monoisotopic (exact) mass is 395 g/mol. The third kappa shape index (κ3) is 4.35. The van der Waals surface area contributed by atoms with Crippen LogP contribution in [0.5, 0.6) is 0 Å². The highest BCUT2D eigenvalue weighted by molar-refractivity contribution is 7.91. The number of nitrogens with zero attached hydrogens (tertiary/aromatic N) is 2. The number of nitrogens with one attached hydrogen (secondary N) is 1. The lowest BCUT2D eigenvalue weighted by Gasteiger charge is -2.08. The van der Waals surface area contributed by atoms with Gasteiger partial charge in [-0.25, -0.2) is 17.8 Å². The van der Waals surface area contributed by atoms with E-state index in [-0.39, 0.29) is 22.9 Å². The van der Waals surface area contributed by atoms with Crippen molar-refractivity contribution in [3.63, 3.8) is 0 Å². The smallest absolute Gasteiger partial charge is 0.266 e. The van der Waals surface area contributed by atoms with E-state index in [1.165, 1.54) is 16.8 Å². The minimum Gasteiger partial charge on any atom is -0.268 e. The molecule has 25 heavy (non-hydrogen) atoms. The molecule has 0 radical (unpaired) electrons. The predicted octanol–water partition coefficient (Wildman–Crippen LogP) is 2.60. The van der Waals surface area contributed by atoms with E-state index in [1.807, 2.05) is 0 Å². The predicted molar refractivity (Wildman–Crippen MR) is 98.5 cm³/mol. The van der Waals surface area contributed by atoms with Gasteiger partial charge in [0.25, 0.3) is 5.56 Å². The van der Waals surface area contributed by atoms with E-state index in [4.69, 9.17) is 11.6 Å². The number of sulfonamides is 1. The number of benzene rings is 1. The molecule has 0 spiro atoms. The molecule has 0 aliphatic carbocycles. The van der Waals surface area contributed by atoms with Crippen molar-refractivity contribution in [2.24, 2.45) is 0 Å². The summed E-state index contributed by atoms with van der Waals surface area (Å²) >= 11 is 7.00. The van der Waals surface area contributed by atoms with Crippen LogP contribution in [0.2, 0.25) is 5.02 Å².